The summed E-state index contributed by atoms with van der Waals surface area (Å²) in [6, 6.07) is 3.99. The van der Waals surface area contributed by atoms with E-state index in [0.29, 0.717) is 0 Å². The summed E-state index contributed by atoms with van der Waals surface area (Å²) in [7, 11) is 0.253. The van der Waals surface area contributed by atoms with Gasteiger partial charge in [-0.2, -0.15) is 0 Å². The van der Waals surface area contributed by atoms with Gasteiger partial charge < -0.3 is 9.15 Å². The zero-order valence-corrected chi connectivity index (χ0v) is 12.7. The predicted molar refractivity (Wildman–Crippen MR) is 77.9 cm³/mol. The molecule has 0 N–H and O–H groups in total. The van der Waals surface area contributed by atoms with Crippen molar-refractivity contribution in [3.63, 3.8) is 0 Å². The molecule has 2 rings (SSSR count). The van der Waals surface area contributed by atoms with Crippen molar-refractivity contribution in [1.82, 2.24) is 0 Å². The van der Waals surface area contributed by atoms with E-state index in [2.05, 4.69) is 25.7 Å². The van der Waals surface area contributed by atoms with Gasteiger partial charge in [0.15, 0.2) is 0 Å². The molecule has 0 saturated heterocycles. The van der Waals surface area contributed by atoms with Crippen molar-refractivity contribution in [2.75, 3.05) is 7.11 Å². The van der Waals surface area contributed by atoms with Crippen LogP contribution in [0.2, 0.25) is 19.6 Å². The minimum Gasteiger partial charge on any atom is -0.496 e. The van der Waals surface area contributed by atoms with Crippen molar-refractivity contribution < 1.29 is 9.15 Å². The van der Waals surface area contributed by atoms with Crippen LogP contribution >= 0.6 is 0 Å². The Balaban J connectivity index is 2.56. The molecule has 0 spiro atoms. The van der Waals surface area contributed by atoms with Gasteiger partial charge in [-0.1, -0.05) is 25.7 Å². The minimum absolute atomic E-state index is 0.971. The molecule has 0 saturated carbocycles. The fourth-order valence-electron chi connectivity index (χ4n) is 2.51. The van der Waals surface area contributed by atoms with Gasteiger partial charge in [-0.15, -0.1) is 0 Å². The van der Waals surface area contributed by atoms with E-state index in [4.69, 9.17) is 9.15 Å². The van der Waals surface area contributed by atoms with Crippen molar-refractivity contribution in [2.24, 2.45) is 0 Å². The van der Waals surface area contributed by atoms with E-state index >= 15 is 0 Å². The lowest BCUT2D eigenvalue weighted by Crippen LogP contribution is -2.25. The van der Waals surface area contributed by atoms with Crippen LogP contribution in [0.5, 0.6) is 0 Å². The van der Waals surface area contributed by atoms with Crippen LogP contribution in [0.25, 0.3) is 5.20 Å². The van der Waals surface area contributed by atoms with Crippen LogP contribution in [-0.2, 0) is 4.74 Å². The van der Waals surface area contributed by atoms with Crippen LogP contribution in [0.4, 0.5) is 0 Å². The molecule has 2 nitrogen and oxygen atoms in total. The number of methoxy groups -OCH3 is 1. The first-order chi connectivity index (χ1) is 8.54. The molecule has 0 unspecified atom stereocenters. The first-order valence-corrected chi connectivity index (χ1v) is 10.1. The largest absolute Gasteiger partial charge is 0.496 e. The van der Waals surface area contributed by atoms with Gasteiger partial charge in [0, 0.05) is 5.20 Å². The Labute approximate surface area is 110 Å². The van der Waals surface area contributed by atoms with Crippen molar-refractivity contribution in [1.29, 1.82) is 0 Å². The molecule has 0 radical (unpaired) electrons. The lowest BCUT2D eigenvalue weighted by molar-refractivity contribution is 0.301. The van der Waals surface area contributed by atoms with Gasteiger partial charge in [0.25, 0.3) is 0 Å². The molecular weight excluding hydrogens is 240 g/mol. The average molecular weight is 262 g/mol. The van der Waals surface area contributed by atoms with Crippen molar-refractivity contribution in [2.45, 2.75) is 38.9 Å². The Bertz CT molecular complexity index is 461. The van der Waals surface area contributed by atoms with Crippen molar-refractivity contribution in [3.8, 4) is 0 Å². The molecule has 1 aromatic heterocycles. The third-order valence-electron chi connectivity index (χ3n) is 3.28. The number of hydrogen-bond donors (Lipinski definition) is 0. The van der Waals surface area contributed by atoms with E-state index in [0.717, 1.165) is 17.9 Å². The van der Waals surface area contributed by atoms with Crippen LogP contribution in [0, 0.1) is 0 Å². The highest BCUT2D eigenvalue weighted by Gasteiger charge is 2.29. The van der Waals surface area contributed by atoms with Crippen LogP contribution in [0.1, 0.15) is 25.0 Å². The molecule has 1 aliphatic carbocycles. The molecular formula is C15H22O2Si. The third-order valence-corrected chi connectivity index (χ3v) is 5.25. The van der Waals surface area contributed by atoms with Gasteiger partial charge in [-0.25, -0.2) is 0 Å². The lowest BCUT2D eigenvalue weighted by atomic mass is 10.1. The highest BCUT2D eigenvalue weighted by molar-refractivity contribution is 6.93. The quantitative estimate of drug-likeness (QED) is 0.583. The van der Waals surface area contributed by atoms with Gasteiger partial charge in [-0.3, -0.25) is 0 Å². The van der Waals surface area contributed by atoms with Crippen LogP contribution in [0.15, 0.2) is 40.2 Å². The molecule has 0 bridgehead atoms. The fourth-order valence-corrected chi connectivity index (χ4v) is 4.34. The number of allylic oxidation sites excluding steroid dienone is 2. The van der Waals surface area contributed by atoms with E-state index in [1.54, 1.807) is 13.4 Å². The molecule has 3 heteroatoms. The summed E-state index contributed by atoms with van der Waals surface area (Å²) in [6.07, 6.45) is 7.57. The Morgan fingerprint density at radius 2 is 2.11 bits per heavy atom. The van der Waals surface area contributed by atoms with Crippen molar-refractivity contribution >= 4 is 13.3 Å². The average Bonchev–Trinajstić information content (AvgIpc) is 2.96. The SMILES string of the molecule is CO/C(C1=CCCC1)=C(/c1ccco1)[Si](C)(C)C. The van der Waals surface area contributed by atoms with Crippen molar-refractivity contribution in [3.05, 3.63) is 41.6 Å². The lowest BCUT2D eigenvalue weighted by Gasteiger charge is -2.23. The summed E-state index contributed by atoms with van der Waals surface area (Å²) < 4.78 is 11.4. The summed E-state index contributed by atoms with van der Waals surface area (Å²) in [5.74, 6) is 2.03. The Morgan fingerprint density at radius 1 is 1.33 bits per heavy atom. The fraction of sp³-hybridized carbons (Fsp3) is 0.467. The molecule has 1 heterocycles. The summed E-state index contributed by atoms with van der Waals surface area (Å²) in [4.78, 5) is 0. The molecule has 0 fully saturated rings. The number of rotatable bonds is 4. The number of furan rings is 1. The summed E-state index contributed by atoms with van der Waals surface area (Å²) >= 11 is 0. The van der Waals surface area contributed by atoms with Gasteiger partial charge >= 0.3 is 0 Å². The molecule has 0 aromatic carbocycles. The second-order valence-corrected chi connectivity index (χ2v) is 10.8. The molecule has 0 aliphatic heterocycles. The van der Waals surface area contributed by atoms with Crippen LogP contribution < -0.4 is 0 Å². The normalized spacial score (nSPS) is 17.4. The zero-order chi connectivity index (χ0) is 13.2. The summed E-state index contributed by atoms with van der Waals surface area (Å²) in [5.41, 5.74) is 1.35. The van der Waals surface area contributed by atoms with Gasteiger partial charge in [0.2, 0.25) is 0 Å². The topological polar surface area (TPSA) is 22.4 Å². The minimum atomic E-state index is -1.52. The maximum atomic E-state index is 5.73. The Hall–Kier alpha value is -1.22. The second-order valence-electron chi connectivity index (χ2n) is 5.76. The highest BCUT2D eigenvalue weighted by atomic mass is 28.3. The van der Waals surface area contributed by atoms with Crippen LogP contribution in [0.3, 0.4) is 0 Å². The van der Waals surface area contributed by atoms with Gasteiger partial charge in [-0.05, 0) is 37.0 Å². The van der Waals surface area contributed by atoms with Crippen LogP contribution in [-0.4, -0.2) is 15.2 Å². The Morgan fingerprint density at radius 3 is 2.56 bits per heavy atom. The highest BCUT2D eigenvalue weighted by Crippen LogP contribution is 2.36. The first-order valence-electron chi connectivity index (χ1n) is 6.56. The maximum Gasteiger partial charge on any atom is 0.129 e. The van der Waals surface area contributed by atoms with E-state index in [1.807, 2.05) is 12.1 Å². The maximum absolute atomic E-state index is 5.73. The van der Waals surface area contributed by atoms with E-state index in [-0.39, 0.29) is 0 Å². The Kier molecular flexibility index (Phi) is 3.81. The number of ether oxygens (including phenoxy) is 1. The van der Waals surface area contributed by atoms with E-state index < -0.39 is 8.07 Å². The molecule has 0 atom stereocenters. The number of hydrogen-bond acceptors (Lipinski definition) is 2. The molecule has 18 heavy (non-hydrogen) atoms. The van der Waals surface area contributed by atoms with Gasteiger partial charge in [0.05, 0.1) is 21.4 Å². The monoisotopic (exact) mass is 262 g/mol. The molecule has 0 amide bonds. The molecule has 98 valence electrons. The predicted octanol–water partition coefficient (Wildman–Crippen LogP) is 4.62. The zero-order valence-electron chi connectivity index (χ0n) is 11.7. The first kappa shape index (κ1) is 13.2. The third kappa shape index (κ3) is 2.61. The smallest absolute Gasteiger partial charge is 0.129 e. The standard InChI is InChI=1S/C15H22O2Si/c1-16-14(12-8-5-6-9-12)15(18(2,3)4)13-10-7-11-17-13/h7-8,10-11H,5-6,9H2,1-4H3/b15-14-. The summed E-state index contributed by atoms with van der Waals surface area (Å²) in [5, 5.41) is 1.29. The second kappa shape index (κ2) is 5.18. The summed E-state index contributed by atoms with van der Waals surface area (Å²) in [6.45, 7) is 7.00. The molecule has 1 aromatic rings. The van der Waals surface area contributed by atoms with E-state index in [9.17, 15) is 0 Å². The van der Waals surface area contributed by atoms with Gasteiger partial charge in [0.1, 0.15) is 11.5 Å². The van der Waals surface area contributed by atoms with E-state index in [1.165, 1.54) is 23.6 Å². The molecule has 1 aliphatic rings.